The summed E-state index contributed by atoms with van der Waals surface area (Å²) in [6.07, 6.45) is 7.21. The zero-order valence-electron chi connectivity index (χ0n) is 19.0. The number of rotatable bonds is 9. The molecule has 1 N–H and O–H groups in total. The summed E-state index contributed by atoms with van der Waals surface area (Å²) in [6, 6.07) is 9.94. The highest BCUT2D eigenvalue weighted by atomic mass is 32.2. The topological polar surface area (TPSA) is 88.4 Å². The second-order valence-corrected chi connectivity index (χ2v) is 10.5. The highest BCUT2D eigenvalue weighted by Crippen LogP contribution is 2.49. The normalized spacial score (nSPS) is 14.1. The predicted molar refractivity (Wildman–Crippen MR) is 130 cm³/mol. The van der Waals surface area contributed by atoms with Crippen molar-refractivity contribution in [3.05, 3.63) is 60.2 Å². The van der Waals surface area contributed by atoms with Gasteiger partial charge in [0.2, 0.25) is 10.0 Å². The van der Waals surface area contributed by atoms with Crippen LogP contribution in [0, 0.1) is 5.82 Å². The number of fused-ring (bicyclic) bond motifs is 1. The fourth-order valence-electron chi connectivity index (χ4n) is 4.35. The van der Waals surface area contributed by atoms with E-state index < -0.39 is 10.0 Å². The van der Waals surface area contributed by atoms with Crippen molar-refractivity contribution in [3.63, 3.8) is 0 Å². The van der Waals surface area contributed by atoms with Crippen LogP contribution < -0.4 is 4.31 Å². The summed E-state index contributed by atoms with van der Waals surface area (Å²) in [6.45, 7) is 0.777. The zero-order chi connectivity index (χ0) is 23.9. The molecule has 0 unspecified atom stereocenters. The lowest BCUT2D eigenvalue weighted by atomic mass is 10.0. The summed E-state index contributed by atoms with van der Waals surface area (Å²) in [5.41, 5.74) is 3.64. The van der Waals surface area contributed by atoms with Gasteiger partial charge < -0.3 is 14.1 Å². The second-order valence-electron chi connectivity index (χ2n) is 8.61. The van der Waals surface area contributed by atoms with Gasteiger partial charge in [-0.15, -0.1) is 0 Å². The van der Waals surface area contributed by atoms with Crippen LogP contribution in [0.2, 0.25) is 0 Å². The third kappa shape index (κ3) is 4.33. The first kappa shape index (κ1) is 22.6. The van der Waals surface area contributed by atoms with Crippen LogP contribution in [-0.4, -0.2) is 44.9 Å². The van der Waals surface area contributed by atoms with E-state index in [1.165, 1.54) is 22.7 Å². The molecule has 0 radical (unpaired) electrons. The van der Waals surface area contributed by atoms with Gasteiger partial charge in [0, 0.05) is 49.7 Å². The molecule has 0 atom stereocenters. The molecule has 7 nitrogen and oxygen atoms in total. The number of aromatic amines is 1. The van der Waals surface area contributed by atoms with Crippen molar-refractivity contribution in [3.8, 4) is 22.7 Å². The Balaban J connectivity index is 1.73. The van der Waals surface area contributed by atoms with Crippen molar-refractivity contribution in [2.24, 2.45) is 0 Å². The van der Waals surface area contributed by atoms with Crippen LogP contribution in [0.4, 0.5) is 10.1 Å². The van der Waals surface area contributed by atoms with Crippen molar-refractivity contribution >= 4 is 26.7 Å². The first-order chi connectivity index (χ1) is 16.4. The van der Waals surface area contributed by atoms with Crippen molar-refractivity contribution < 1.29 is 22.0 Å². The number of anilines is 1. The number of furan rings is 1. The Morgan fingerprint density at radius 3 is 2.62 bits per heavy atom. The molecule has 34 heavy (non-hydrogen) atoms. The summed E-state index contributed by atoms with van der Waals surface area (Å²) in [7, 11) is -1.92. The molecule has 4 aromatic rings. The molecule has 9 heteroatoms. The monoisotopic (exact) mass is 483 g/mol. The molecule has 1 fully saturated rings. The van der Waals surface area contributed by atoms with Crippen molar-refractivity contribution in [1.82, 2.24) is 9.97 Å². The molecule has 5 rings (SSSR count). The number of nitrogens with one attached hydrogen (secondary N) is 1. The Morgan fingerprint density at radius 2 is 2.00 bits per heavy atom. The maximum absolute atomic E-state index is 13.6. The summed E-state index contributed by atoms with van der Waals surface area (Å²) in [4.78, 5) is 7.59. The number of sulfonamides is 1. The van der Waals surface area contributed by atoms with Crippen LogP contribution in [0.5, 0.6) is 0 Å². The van der Waals surface area contributed by atoms with E-state index in [0.29, 0.717) is 53.9 Å². The Kier molecular flexibility index (Phi) is 5.91. The molecule has 0 amide bonds. The second kappa shape index (κ2) is 8.88. The molecule has 178 valence electrons. The van der Waals surface area contributed by atoms with Gasteiger partial charge in [-0.25, -0.2) is 17.8 Å². The minimum Gasteiger partial charge on any atom is -0.455 e. The quantitative estimate of drug-likeness (QED) is 0.326. The average Bonchev–Trinajstić information content (AvgIpc) is 3.37. The van der Waals surface area contributed by atoms with E-state index in [-0.39, 0.29) is 5.82 Å². The molecule has 1 aliphatic rings. The van der Waals surface area contributed by atoms with Gasteiger partial charge in [0.15, 0.2) is 0 Å². The molecule has 1 saturated carbocycles. The van der Waals surface area contributed by atoms with Crippen molar-refractivity contribution in [1.29, 1.82) is 0 Å². The van der Waals surface area contributed by atoms with E-state index in [1.54, 1.807) is 31.6 Å². The number of nitrogens with zero attached hydrogens (tertiary/aromatic N) is 2. The molecule has 0 bridgehead atoms. The number of ether oxygens (including phenoxy) is 1. The lowest BCUT2D eigenvalue weighted by Crippen LogP contribution is -2.32. The van der Waals surface area contributed by atoms with Gasteiger partial charge in [0.1, 0.15) is 23.0 Å². The summed E-state index contributed by atoms with van der Waals surface area (Å²) >= 11 is 0. The smallest absolute Gasteiger partial charge is 0.232 e. The van der Waals surface area contributed by atoms with E-state index >= 15 is 0 Å². The molecule has 1 aliphatic carbocycles. The highest BCUT2D eigenvalue weighted by Gasteiger charge is 2.32. The van der Waals surface area contributed by atoms with Crippen LogP contribution in [0.15, 0.2) is 53.2 Å². The number of methoxy groups -OCH3 is 1. The predicted octanol–water partition coefficient (Wildman–Crippen LogP) is 5.31. The van der Waals surface area contributed by atoms with Gasteiger partial charge in [-0.1, -0.05) is 0 Å². The van der Waals surface area contributed by atoms with Gasteiger partial charge in [-0.3, -0.25) is 4.31 Å². The SMILES string of the molecule is COCCCN(c1cc2oc(-c3ccc(F)cc3)c(-c3ncc[nH]3)c2cc1C1CC1)S(C)(=O)=O. The molecular weight excluding hydrogens is 457 g/mol. The van der Waals surface area contributed by atoms with E-state index in [1.807, 2.05) is 12.1 Å². The number of halogens is 1. The number of benzene rings is 2. The fraction of sp³-hybridized carbons (Fsp3) is 0.320. The standard InChI is InChI=1S/C25H26FN3O4S/c1-32-13-3-12-29(34(2,30)31)21-15-22-20(14-19(21)16-4-5-16)23(25-27-10-11-28-25)24(33-22)17-6-8-18(26)9-7-17/h6-11,14-16H,3-5,12-13H2,1-2H3,(H,27,28). The van der Waals surface area contributed by atoms with E-state index in [2.05, 4.69) is 9.97 Å². The van der Waals surface area contributed by atoms with Crippen LogP contribution >= 0.6 is 0 Å². The number of hydrogen-bond acceptors (Lipinski definition) is 5. The van der Waals surface area contributed by atoms with Gasteiger partial charge >= 0.3 is 0 Å². The lowest BCUT2D eigenvalue weighted by molar-refractivity contribution is 0.197. The Hall–Kier alpha value is -3.17. The number of imidazole rings is 1. The van der Waals surface area contributed by atoms with Gasteiger partial charge in [0.05, 0.1) is 17.5 Å². The molecule has 2 heterocycles. The van der Waals surface area contributed by atoms with E-state index in [9.17, 15) is 12.8 Å². The summed E-state index contributed by atoms with van der Waals surface area (Å²) in [5.74, 6) is 1.14. The Bertz CT molecular complexity index is 1410. The highest BCUT2D eigenvalue weighted by molar-refractivity contribution is 7.92. The first-order valence-electron chi connectivity index (χ1n) is 11.2. The van der Waals surface area contributed by atoms with Crippen molar-refractivity contribution in [2.45, 2.75) is 25.2 Å². The summed E-state index contributed by atoms with van der Waals surface area (Å²) < 4.78 is 52.0. The first-order valence-corrected chi connectivity index (χ1v) is 13.0. The van der Waals surface area contributed by atoms with Crippen LogP contribution in [0.3, 0.4) is 0 Å². The van der Waals surface area contributed by atoms with E-state index in [0.717, 1.165) is 29.4 Å². The summed E-state index contributed by atoms with van der Waals surface area (Å²) in [5, 5.41) is 0.838. The zero-order valence-corrected chi connectivity index (χ0v) is 19.9. The molecule has 2 aromatic heterocycles. The maximum Gasteiger partial charge on any atom is 0.232 e. The minimum atomic E-state index is -3.52. The average molecular weight is 484 g/mol. The van der Waals surface area contributed by atoms with Gasteiger partial charge in [-0.2, -0.15) is 0 Å². The molecule has 0 saturated heterocycles. The third-order valence-corrected chi connectivity index (χ3v) is 7.25. The molecule has 0 spiro atoms. The number of H-pyrrole nitrogens is 1. The van der Waals surface area contributed by atoms with Crippen molar-refractivity contribution in [2.75, 3.05) is 30.8 Å². The third-order valence-electron chi connectivity index (χ3n) is 6.07. The molecular formula is C25H26FN3O4S. The fourth-order valence-corrected chi connectivity index (χ4v) is 5.32. The maximum atomic E-state index is 13.6. The lowest BCUT2D eigenvalue weighted by Gasteiger charge is -2.25. The minimum absolute atomic E-state index is 0.291. The Labute approximate surface area is 197 Å². The van der Waals surface area contributed by atoms with Gasteiger partial charge in [0.25, 0.3) is 0 Å². The van der Waals surface area contributed by atoms with Crippen LogP contribution in [-0.2, 0) is 14.8 Å². The van der Waals surface area contributed by atoms with Gasteiger partial charge in [-0.05, 0) is 61.1 Å². The van der Waals surface area contributed by atoms with Crippen LogP contribution in [0.1, 0.15) is 30.7 Å². The largest absolute Gasteiger partial charge is 0.455 e. The number of hydrogen-bond donors (Lipinski definition) is 1. The molecule has 0 aliphatic heterocycles. The van der Waals surface area contributed by atoms with Crippen LogP contribution in [0.25, 0.3) is 33.7 Å². The van der Waals surface area contributed by atoms with E-state index in [4.69, 9.17) is 9.15 Å². The Morgan fingerprint density at radius 1 is 1.24 bits per heavy atom. The number of aromatic nitrogens is 2. The molecule has 2 aromatic carbocycles.